The van der Waals surface area contributed by atoms with Crippen LogP contribution in [-0.2, 0) is 0 Å². The molecule has 54 heavy (non-hydrogen) atoms. The largest absolute Gasteiger partial charge is 0.456 e. The second-order valence-electron chi connectivity index (χ2n) is 14.1. The minimum Gasteiger partial charge on any atom is -0.456 e. The quantitative estimate of drug-likeness (QED) is 0.168. The molecule has 2 nitrogen and oxygen atoms in total. The predicted octanol–water partition coefficient (Wildman–Crippen LogP) is 15.0. The fourth-order valence-electron chi connectivity index (χ4n) is 8.47. The Kier molecular flexibility index (Phi) is 6.90. The Labute approximate surface area is 312 Å². The van der Waals surface area contributed by atoms with Crippen LogP contribution in [-0.4, -0.2) is 0 Å². The van der Waals surface area contributed by atoms with Gasteiger partial charge in [0.1, 0.15) is 11.2 Å². The first-order valence-electron chi connectivity index (χ1n) is 18.5. The maximum Gasteiger partial charge on any atom is 0.136 e. The third kappa shape index (κ3) is 4.88. The lowest BCUT2D eigenvalue weighted by molar-refractivity contribution is 0.669. The van der Waals surface area contributed by atoms with Gasteiger partial charge in [0.2, 0.25) is 0 Å². The van der Waals surface area contributed by atoms with E-state index in [1.54, 1.807) is 0 Å². The van der Waals surface area contributed by atoms with E-state index < -0.39 is 0 Å². The number of rotatable bonds is 5. The summed E-state index contributed by atoms with van der Waals surface area (Å²) in [6.07, 6.45) is 0. The third-order valence-corrected chi connectivity index (χ3v) is 11.0. The highest BCUT2D eigenvalue weighted by Gasteiger charge is 2.19. The van der Waals surface area contributed by atoms with Gasteiger partial charge in [-0.1, -0.05) is 140 Å². The summed E-state index contributed by atoms with van der Waals surface area (Å²) in [5.41, 5.74) is 9.83. The number of hydrogen-bond acceptors (Lipinski definition) is 2. The molecule has 0 unspecified atom stereocenters. The maximum absolute atomic E-state index is 6.51. The molecular weight excluding hydrogens is 655 g/mol. The monoisotopic (exact) mass is 687 g/mol. The molecule has 0 saturated carbocycles. The third-order valence-electron chi connectivity index (χ3n) is 11.0. The van der Waals surface area contributed by atoms with Crippen molar-refractivity contribution in [2.45, 2.75) is 0 Å². The van der Waals surface area contributed by atoms with E-state index in [2.05, 4.69) is 199 Å². The molecule has 0 fully saturated rings. The molecule has 1 heterocycles. The molecular formula is C52H33NO. The molecule has 252 valence electrons. The zero-order valence-electron chi connectivity index (χ0n) is 29.4. The Morgan fingerprint density at radius 2 is 0.907 bits per heavy atom. The number of benzene rings is 10. The van der Waals surface area contributed by atoms with Crippen LogP contribution in [0.4, 0.5) is 17.1 Å². The van der Waals surface area contributed by atoms with E-state index >= 15 is 0 Å². The molecule has 10 aromatic carbocycles. The summed E-state index contributed by atoms with van der Waals surface area (Å²) in [4.78, 5) is 2.36. The average molecular weight is 688 g/mol. The van der Waals surface area contributed by atoms with Gasteiger partial charge in [0.05, 0.1) is 0 Å². The van der Waals surface area contributed by atoms with Crippen molar-refractivity contribution in [2.75, 3.05) is 4.90 Å². The van der Waals surface area contributed by atoms with Crippen LogP contribution in [0.15, 0.2) is 205 Å². The summed E-state index contributed by atoms with van der Waals surface area (Å²) in [6, 6.07) is 72.3. The first-order valence-corrected chi connectivity index (χ1v) is 18.5. The van der Waals surface area contributed by atoms with E-state index in [0.717, 1.165) is 50.1 Å². The molecule has 1 aromatic heterocycles. The van der Waals surface area contributed by atoms with Crippen molar-refractivity contribution in [3.05, 3.63) is 200 Å². The van der Waals surface area contributed by atoms with Crippen molar-refractivity contribution < 1.29 is 4.42 Å². The number of nitrogens with zero attached hydrogens (tertiary/aromatic N) is 1. The Balaban J connectivity index is 1.11. The SMILES string of the molecule is c1ccc(N(c2ccc(-c3cc4ccccc4c4ccccc34)cc2)c2ccc3c(c2)c(-c2ccc4ccccc4c2)cc2oc4ccccc4c23)cc1. The fourth-order valence-corrected chi connectivity index (χ4v) is 8.47. The molecule has 0 radical (unpaired) electrons. The number of anilines is 3. The van der Waals surface area contributed by atoms with Crippen LogP contribution in [0.3, 0.4) is 0 Å². The summed E-state index contributed by atoms with van der Waals surface area (Å²) >= 11 is 0. The van der Waals surface area contributed by atoms with Gasteiger partial charge >= 0.3 is 0 Å². The molecule has 0 aliphatic carbocycles. The van der Waals surface area contributed by atoms with E-state index in [-0.39, 0.29) is 0 Å². The summed E-state index contributed by atoms with van der Waals surface area (Å²) in [5.74, 6) is 0. The molecule has 0 atom stereocenters. The predicted molar refractivity (Wildman–Crippen MR) is 229 cm³/mol. The lowest BCUT2D eigenvalue weighted by atomic mass is 9.92. The van der Waals surface area contributed by atoms with Gasteiger partial charge in [0.25, 0.3) is 0 Å². The van der Waals surface area contributed by atoms with Crippen LogP contribution in [0.5, 0.6) is 0 Å². The molecule has 2 heteroatoms. The highest BCUT2D eigenvalue weighted by Crippen LogP contribution is 2.44. The Morgan fingerprint density at radius 3 is 1.74 bits per heavy atom. The van der Waals surface area contributed by atoms with Crippen molar-refractivity contribution in [3.63, 3.8) is 0 Å². The standard InChI is InChI=1S/C52H33NO/c1-2-15-39(16-3-1)53(40-26-24-35(25-27-40)47-31-37-14-6-7-17-42(37)43-18-8-9-19-44(43)47)41-28-29-45-49(32-41)48(38-23-22-34-12-4-5-13-36(34)30-38)33-51-52(45)46-20-10-11-21-50(46)54-51/h1-33H. The van der Waals surface area contributed by atoms with Crippen molar-refractivity contribution in [1.29, 1.82) is 0 Å². The van der Waals surface area contributed by atoms with E-state index in [9.17, 15) is 0 Å². The fraction of sp³-hybridized carbons (Fsp3) is 0. The number of furan rings is 1. The molecule has 0 aliphatic rings. The zero-order chi connectivity index (χ0) is 35.6. The maximum atomic E-state index is 6.51. The van der Waals surface area contributed by atoms with Gasteiger partial charge in [-0.2, -0.15) is 0 Å². The summed E-state index contributed by atoms with van der Waals surface area (Å²) in [6.45, 7) is 0. The lowest BCUT2D eigenvalue weighted by Gasteiger charge is -2.26. The summed E-state index contributed by atoms with van der Waals surface area (Å²) in [5, 5.41) is 12.2. The smallest absolute Gasteiger partial charge is 0.136 e. The van der Waals surface area contributed by atoms with Crippen LogP contribution in [0.2, 0.25) is 0 Å². The van der Waals surface area contributed by atoms with E-state index in [4.69, 9.17) is 4.42 Å². The van der Waals surface area contributed by atoms with Crippen LogP contribution in [0, 0.1) is 0 Å². The molecule has 0 aliphatic heterocycles. The van der Waals surface area contributed by atoms with E-state index in [1.807, 2.05) is 6.07 Å². The van der Waals surface area contributed by atoms with Gasteiger partial charge in [0.15, 0.2) is 0 Å². The first-order chi connectivity index (χ1) is 26.8. The number of para-hydroxylation sites is 2. The van der Waals surface area contributed by atoms with Gasteiger partial charge in [0, 0.05) is 27.8 Å². The van der Waals surface area contributed by atoms with Gasteiger partial charge in [-0.25, -0.2) is 0 Å². The Hall–Kier alpha value is -7.16. The minimum atomic E-state index is 0.899. The molecule has 11 aromatic rings. The van der Waals surface area contributed by atoms with Crippen molar-refractivity contribution >= 4 is 82.1 Å². The van der Waals surface area contributed by atoms with Crippen LogP contribution >= 0.6 is 0 Å². The van der Waals surface area contributed by atoms with Gasteiger partial charge in [-0.15, -0.1) is 0 Å². The molecule has 0 saturated heterocycles. The van der Waals surface area contributed by atoms with Crippen LogP contribution in [0.1, 0.15) is 0 Å². The van der Waals surface area contributed by atoms with E-state index in [1.165, 1.54) is 54.2 Å². The first kappa shape index (κ1) is 30.5. The minimum absolute atomic E-state index is 0.899. The van der Waals surface area contributed by atoms with Gasteiger partial charge in [-0.3, -0.25) is 0 Å². The highest BCUT2D eigenvalue weighted by molar-refractivity contribution is 6.23. The second kappa shape index (κ2) is 12.2. The normalized spacial score (nSPS) is 11.7. The van der Waals surface area contributed by atoms with E-state index in [0.29, 0.717) is 0 Å². The van der Waals surface area contributed by atoms with Crippen LogP contribution < -0.4 is 4.90 Å². The number of hydrogen-bond donors (Lipinski definition) is 0. The lowest BCUT2D eigenvalue weighted by Crippen LogP contribution is -2.09. The molecule has 0 amide bonds. The number of fused-ring (bicyclic) bond motifs is 9. The Bertz CT molecular complexity index is 3210. The molecule has 0 spiro atoms. The zero-order valence-corrected chi connectivity index (χ0v) is 29.4. The summed E-state index contributed by atoms with van der Waals surface area (Å²) < 4.78 is 6.51. The molecule has 0 N–H and O–H groups in total. The second-order valence-corrected chi connectivity index (χ2v) is 14.1. The summed E-state index contributed by atoms with van der Waals surface area (Å²) in [7, 11) is 0. The van der Waals surface area contributed by atoms with Crippen molar-refractivity contribution in [1.82, 2.24) is 0 Å². The highest BCUT2D eigenvalue weighted by atomic mass is 16.3. The average Bonchev–Trinajstić information content (AvgIpc) is 3.62. The van der Waals surface area contributed by atoms with Crippen molar-refractivity contribution in [2.24, 2.45) is 0 Å². The van der Waals surface area contributed by atoms with Crippen molar-refractivity contribution in [3.8, 4) is 22.3 Å². The van der Waals surface area contributed by atoms with Gasteiger partial charge < -0.3 is 9.32 Å². The Morgan fingerprint density at radius 1 is 0.296 bits per heavy atom. The topological polar surface area (TPSA) is 16.4 Å². The van der Waals surface area contributed by atoms with Gasteiger partial charge in [-0.05, 0) is 126 Å². The van der Waals surface area contributed by atoms with Crippen LogP contribution in [0.25, 0.3) is 87.3 Å². The molecule has 0 bridgehead atoms. The molecule has 11 rings (SSSR count).